The topological polar surface area (TPSA) is 26.3 Å². The van der Waals surface area contributed by atoms with Gasteiger partial charge in [-0.1, -0.05) is 41.4 Å². The Balaban J connectivity index is 2.14. The maximum Gasteiger partial charge on any atom is 0.231 e. The lowest BCUT2D eigenvalue weighted by atomic mass is 10.2. The largest absolute Gasteiger partial charge is 0.455 e. The Morgan fingerprint density at radius 2 is 1.86 bits per heavy atom. The Morgan fingerprint density at radius 1 is 1.10 bits per heavy atom. The summed E-state index contributed by atoms with van der Waals surface area (Å²) in [7, 11) is 0. The van der Waals surface area contributed by atoms with E-state index in [0.29, 0.717) is 27.3 Å². The SMILES string of the molecule is O=C(Cl)CSCc1ccccc1Oc1ccc(Cl)cc1Cl. The highest BCUT2D eigenvalue weighted by Crippen LogP contribution is 2.34. The number of para-hydroxylation sites is 1. The molecule has 0 unspecified atom stereocenters. The van der Waals surface area contributed by atoms with Gasteiger partial charge in [-0.15, -0.1) is 11.8 Å². The van der Waals surface area contributed by atoms with Crippen molar-refractivity contribution in [3.8, 4) is 11.5 Å². The Bertz CT molecular complexity index is 647. The molecule has 0 spiro atoms. The van der Waals surface area contributed by atoms with Gasteiger partial charge in [-0.05, 0) is 35.9 Å². The monoisotopic (exact) mass is 360 g/mol. The number of carbonyl (C=O) groups excluding carboxylic acids is 1. The molecular formula is C15H11Cl3O2S. The van der Waals surface area contributed by atoms with Crippen molar-refractivity contribution < 1.29 is 9.53 Å². The number of benzene rings is 2. The van der Waals surface area contributed by atoms with Crippen molar-refractivity contribution >= 4 is 51.8 Å². The van der Waals surface area contributed by atoms with E-state index in [1.807, 2.05) is 24.3 Å². The zero-order valence-electron chi connectivity index (χ0n) is 10.8. The number of halogens is 3. The number of hydrogen-bond acceptors (Lipinski definition) is 3. The van der Waals surface area contributed by atoms with Gasteiger partial charge in [0.05, 0.1) is 10.8 Å². The van der Waals surface area contributed by atoms with Gasteiger partial charge in [0.1, 0.15) is 11.5 Å². The molecule has 0 atom stereocenters. The fourth-order valence-corrected chi connectivity index (χ4v) is 3.04. The summed E-state index contributed by atoms with van der Waals surface area (Å²) < 4.78 is 5.83. The maximum atomic E-state index is 10.8. The van der Waals surface area contributed by atoms with Crippen LogP contribution >= 0.6 is 46.6 Å². The fraction of sp³-hybridized carbons (Fsp3) is 0.133. The van der Waals surface area contributed by atoms with Crippen molar-refractivity contribution in [1.29, 1.82) is 0 Å². The number of hydrogen-bond donors (Lipinski definition) is 0. The van der Waals surface area contributed by atoms with Crippen molar-refractivity contribution in [1.82, 2.24) is 0 Å². The van der Waals surface area contributed by atoms with Crippen molar-refractivity contribution in [3.05, 3.63) is 58.1 Å². The maximum absolute atomic E-state index is 10.8. The van der Waals surface area contributed by atoms with Crippen LogP contribution in [0.25, 0.3) is 0 Å². The minimum Gasteiger partial charge on any atom is -0.455 e. The average molecular weight is 362 g/mol. The lowest BCUT2D eigenvalue weighted by Gasteiger charge is -2.12. The average Bonchev–Trinajstić information content (AvgIpc) is 2.43. The molecule has 2 nitrogen and oxygen atoms in total. The van der Waals surface area contributed by atoms with Gasteiger partial charge in [-0.3, -0.25) is 4.79 Å². The van der Waals surface area contributed by atoms with Gasteiger partial charge in [-0.2, -0.15) is 0 Å². The summed E-state index contributed by atoms with van der Waals surface area (Å²) in [5.74, 6) is 2.11. The van der Waals surface area contributed by atoms with Crippen LogP contribution in [0.2, 0.25) is 10.0 Å². The van der Waals surface area contributed by atoms with Gasteiger partial charge in [-0.25, -0.2) is 0 Å². The predicted molar refractivity (Wildman–Crippen MR) is 90.0 cm³/mol. The second kappa shape index (κ2) is 7.95. The first-order valence-electron chi connectivity index (χ1n) is 6.03. The van der Waals surface area contributed by atoms with Crippen LogP contribution in [-0.4, -0.2) is 11.0 Å². The molecule has 0 amide bonds. The molecule has 6 heteroatoms. The molecule has 2 aromatic rings. The van der Waals surface area contributed by atoms with Crippen LogP contribution in [0, 0.1) is 0 Å². The van der Waals surface area contributed by atoms with Gasteiger partial charge < -0.3 is 4.74 Å². The van der Waals surface area contributed by atoms with E-state index >= 15 is 0 Å². The summed E-state index contributed by atoms with van der Waals surface area (Å²) in [6.07, 6.45) is 0. The van der Waals surface area contributed by atoms with Crippen LogP contribution in [-0.2, 0) is 10.5 Å². The zero-order valence-corrected chi connectivity index (χ0v) is 13.9. The van der Waals surface area contributed by atoms with Crippen LogP contribution in [0.3, 0.4) is 0 Å². The molecule has 0 fully saturated rings. The molecule has 2 rings (SSSR count). The van der Waals surface area contributed by atoms with E-state index < -0.39 is 0 Å². The van der Waals surface area contributed by atoms with Gasteiger partial charge in [0.15, 0.2) is 0 Å². The molecule has 110 valence electrons. The third kappa shape index (κ3) is 5.11. The highest BCUT2D eigenvalue weighted by Gasteiger charge is 2.08. The Kier molecular flexibility index (Phi) is 6.24. The molecule has 2 aromatic carbocycles. The summed E-state index contributed by atoms with van der Waals surface area (Å²) in [5.41, 5.74) is 0.964. The highest BCUT2D eigenvalue weighted by molar-refractivity contribution is 7.99. The van der Waals surface area contributed by atoms with Crippen LogP contribution in [0.15, 0.2) is 42.5 Å². The first-order chi connectivity index (χ1) is 10.1. The molecule has 0 aromatic heterocycles. The summed E-state index contributed by atoms with van der Waals surface area (Å²) in [4.78, 5) is 10.8. The lowest BCUT2D eigenvalue weighted by Crippen LogP contribution is -1.94. The van der Waals surface area contributed by atoms with E-state index in [0.717, 1.165) is 5.56 Å². The van der Waals surface area contributed by atoms with Crippen LogP contribution in [0.1, 0.15) is 5.56 Å². The predicted octanol–water partition coefficient (Wildman–Crippen LogP) is 5.78. The summed E-state index contributed by atoms with van der Waals surface area (Å²) >= 11 is 18.7. The summed E-state index contributed by atoms with van der Waals surface area (Å²) in [5, 5.41) is 0.636. The van der Waals surface area contributed by atoms with E-state index in [-0.39, 0.29) is 11.0 Å². The van der Waals surface area contributed by atoms with Gasteiger partial charge in [0, 0.05) is 16.3 Å². The van der Waals surface area contributed by atoms with Crippen molar-refractivity contribution in [2.24, 2.45) is 0 Å². The molecule has 0 heterocycles. The summed E-state index contributed by atoms with van der Waals surface area (Å²) in [6.45, 7) is 0. The molecule has 0 saturated carbocycles. The fourth-order valence-electron chi connectivity index (χ4n) is 1.64. The van der Waals surface area contributed by atoms with Crippen LogP contribution in [0.5, 0.6) is 11.5 Å². The number of ether oxygens (including phenoxy) is 1. The Labute approximate surface area is 142 Å². The molecule has 0 N–H and O–H groups in total. The van der Waals surface area contributed by atoms with Crippen molar-refractivity contribution in [3.63, 3.8) is 0 Å². The third-order valence-electron chi connectivity index (χ3n) is 2.56. The van der Waals surface area contributed by atoms with Crippen LogP contribution < -0.4 is 4.74 Å². The van der Waals surface area contributed by atoms with E-state index in [9.17, 15) is 4.79 Å². The highest BCUT2D eigenvalue weighted by atomic mass is 35.5. The lowest BCUT2D eigenvalue weighted by molar-refractivity contribution is -0.109. The van der Waals surface area contributed by atoms with E-state index in [4.69, 9.17) is 39.5 Å². The molecule has 0 radical (unpaired) electrons. The van der Waals surface area contributed by atoms with Gasteiger partial charge in [0.2, 0.25) is 5.24 Å². The first kappa shape index (κ1) is 16.5. The Morgan fingerprint density at radius 3 is 2.57 bits per heavy atom. The molecule has 0 bridgehead atoms. The van der Waals surface area contributed by atoms with Gasteiger partial charge >= 0.3 is 0 Å². The smallest absolute Gasteiger partial charge is 0.231 e. The summed E-state index contributed by atoms with van der Waals surface area (Å²) in [6, 6.07) is 12.6. The number of carbonyl (C=O) groups is 1. The minimum absolute atomic E-state index is 0.261. The second-order valence-electron chi connectivity index (χ2n) is 4.13. The molecule has 0 aliphatic heterocycles. The second-order valence-corrected chi connectivity index (χ2v) is 6.38. The van der Waals surface area contributed by atoms with Crippen LogP contribution in [0.4, 0.5) is 0 Å². The molecule has 0 aliphatic carbocycles. The van der Waals surface area contributed by atoms with E-state index in [1.165, 1.54) is 11.8 Å². The number of rotatable bonds is 6. The first-order valence-corrected chi connectivity index (χ1v) is 8.32. The molecule has 0 aliphatic rings. The molecule has 0 saturated heterocycles. The molecular weight excluding hydrogens is 351 g/mol. The quantitative estimate of drug-likeness (QED) is 0.610. The van der Waals surface area contributed by atoms with Crippen molar-refractivity contribution in [2.75, 3.05) is 5.75 Å². The normalized spacial score (nSPS) is 10.4. The Hall–Kier alpha value is -0.870. The zero-order chi connectivity index (χ0) is 15.2. The molecule has 21 heavy (non-hydrogen) atoms. The number of thioether (sulfide) groups is 1. The van der Waals surface area contributed by atoms with Gasteiger partial charge in [0.25, 0.3) is 0 Å². The standard InChI is InChI=1S/C15H11Cl3O2S/c16-11-5-6-14(12(17)7-11)20-13-4-2-1-3-10(13)8-21-9-15(18)19/h1-7H,8-9H2. The van der Waals surface area contributed by atoms with Crippen molar-refractivity contribution in [2.45, 2.75) is 5.75 Å². The van der Waals surface area contributed by atoms with E-state index in [2.05, 4.69) is 0 Å². The minimum atomic E-state index is -0.362. The van der Waals surface area contributed by atoms with E-state index in [1.54, 1.807) is 18.2 Å². The third-order valence-corrected chi connectivity index (χ3v) is 4.36.